The number of Topliss-reactive ketones (excluding diaryl/α,β-unsaturated/α-hetero) is 2. The first-order valence-electron chi connectivity index (χ1n) is 14.8. The fraction of sp³-hybridized carbons (Fsp3) is 0.625. The molecule has 9 nitrogen and oxygen atoms in total. The Bertz CT molecular complexity index is 1190. The highest BCUT2D eigenvalue weighted by molar-refractivity contribution is 5.98. The van der Waals surface area contributed by atoms with Crippen molar-refractivity contribution in [2.24, 2.45) is 17.3 Å². The number of epoxide rings is 1. The number of benzene rings is 1. The second-order valence-electron chi connectivity index (χ2n) is 12.7. The third-order valence-corrected chi connectivity index (χ3v) is 9.18. The SMILES string of the molecule is COc1ccc(C[C@H](CC(=O)[C@@H](C)NC(=O)C2CC3(COC3)C2)C(=O)NC(CC2=CCCC2)C(=O)[C@@]2(C)CO2)cc1. The van der Waals surface area contributed by atoms with Crippen molar-refractivity contribution in [2.75, 3.05) is 26.9 Å². The average molecular weight is 567 g/mol. The van der Waals surface area contributed by atoms with Gasteiger partial charge in [-0.15, -0.1) is 0 Å². The van der Waals surface area contributed by atoms with Crippen LogP contribution in [0.2, 0.25) is 0 Å². The van der Waals surface area contributed by atoms with Crippen LogP contribution >= 0.6 is 0 Å². The summed E-state index contributed by atoms with van der Waals surface area (Å²) in [6.45, 7) is 5.19. The van der Waals surface area contributed by atoms with Crippen LogP contribution in [-0.2, 0) is 35.1 Å². The molecule has 9 heteroatoms. The predicted molar refractivity (Wildman–Crippen MR) is 151 cm³/mol. The third kappa shape index (κ3) is 6.89. The minimum Gasteiger partial charge on any atom is -0.497 e. The molecule has 222 valence electrons. The lowest BCUT2D eigenvalue weighted by Crippen LogP contribution is -2.57. The van der Waals surface area contributed by atoms with Gasteiger partial charge in [0.05, 0.1) is 39.0 Å². The second-order valence-corrected chi connectivity index (χ2v) is 12.7. The molecule has 41 heavy (non-hydrogen) atoms. The maximum Gasteiger partial charge on any atom is 0.224 e. The molecule has 3 fully saturated rings. The Labute approximate surface area is 241 Å². The molecule has 2 amide bonds. The number of carbonyl (C=O) groups is 4. The van der Waals surface area contributed by atoms with Crippen LogP contribution in [-0.4, -0.2) is 68.0 Å². The van der Waals surface area contributed by atoms with E-state index in [1.54, 1.807) is 21.0 Å². The number of carbonyl (C=O) groups excluding carboxylic acids is 4. The molecule has 2 aliphatic carbocycles. The molecule has 4 aliphatic rings. The topological polar surface area (TPSA) is 123 Å². The molecular weight excluding hydrogens is 524 g/mol. The lowest BCUT2D eigenvalue weighted by atomic mass is 9.60. The van der Waals surface area contributed by atoms with E-state index in [9.17, 15) is 19.2 Å². The summed E-state index contributed by atoms with van der Waals surface area (Å²) in [5, 5.41) is 5.86. The number of hydrogen-bond donors (Lipinski definition) is 2. The minimum absolute atomic E-state index is 0.0564. The van der Waals surface area contributed by atoms with Gasteiger partial charge in [0.25, 0.3) is 0 Å². The van der Waals surface area contributed by atoms with Gasteiger partial charge < -0.3 is 24.8 Å². The Morgan fingerprint density at radius 2 is 1.76 bits per heavy atom. The highest BCUT2D eigenvalue weighted by Gasteiger charge is 2.52. The van der Waals surface area contributed by atoms with Gasteiger partial charge in [-0.05, 0) is 76.5 Å². The summed E-state index contributed by atoms with van der Waals surface area (Å²) >= 11 is 0. The molecule has 4 atom stereocenters. The van der Waals surface area contributed by atoms with E-state index >= 15 is 0 Å². The highest BCUT2D eigenvalue weighted by Crippen LogP contribution is 2.50. The summed E-state index contributed by atoms with van der Waals surface area (Å²) in [6.07, 6.45) is 7.37. The predicted octanol–water partition coefficient (Wildman–Crippen LogP) is 3.09. The molecule has 2 aliphatic heterocycles. The van der Waals surface area contributed by atoms with Crippen LogP contribution in [0, 0.1) is 17.3 Å². The fourth-order valence-corrected chi connectivity index (χ4v) is 6.24. The average Bonchev–Trinajstić information content (AvgIpc) is 3.44. The van der Waals surface area contributed by atoms with Crippen LogP contribution in [0.1, 0.15) is 64.4 Å². The Morgan fingerprint density at radius 3 is 2.32 bits per heavy atom. The number of ketones is 2. The van der Waals surface area contributed by atoms with Crippen molar-refractivity contribution in [1.82, 2.24) is 10.6 Å². The van der Waals surface area contributed by atoms with Crippen molar-refractivity contribution >= 4 is 23.4 Å². The van der Waals surface area contributed by atoms with Gasteiger partial charge in [0.15, 0.2) is 11.6 Å². The number of amides is 2. The zero-order chi connectivity index (χ0) is 29.2. The van der Waals surface area contributed by atoms with E-state index in [0.717, 1.165) is 37.7 Å². The standard InChI is InChI=1S/C32H42N2O7/c1-20(33-30(38)24-15-32(16-24)18-40-19-32)27(35)14-23(12-22-8-10-25(39-3)11-9-22)29(37)34-26(13-21-6-4-5-7-21)28(36)31(2)17-41-31/h6,8-11,20,23-24,26H,4-5,7,12-19H2,1-3H3,(H,33,38)(H,34,37)/t20-,23-,26?,31-/m1/s1. The highest BCUT2D eigenvalue weighted by atomic mass is 16.6. The van der Waals surface area contributed by atoms with Crippen LogP contribution in [0.5, 0.6) is 5.75 Å². The lowest BCUT2D eigenvalue weighted by Gasteiger charge is -2.52. The minimum atomic E-state index is -0.872. The monoisotopic (exact) mass is 566 g/mol. The van der Waals surface area contributed by atoms with Crippen molar-refractivity contribution in [2.45, 2.75) is 82.9 Å². The molecule has 0 radical (unpaired) electrons. The van der Waals surface area contributed by atoms with Gasteiger partial charge in [-0.1, -0.05) is 23.8 Å². The second kappa shape index (κ2) is 12.1. The summed E-state index contributed by atoms with van der Waals surface area (Å²) in [7, 11) is 1.59. The number of nitrogens with one attached hydrogen (secondary N) is 2. The van der Waals surface area contributed by atoms with Crippen molar-refractivity contribution in [1.29, 1.82) is 0 Å². The fourth-order valence-electron chi connectivity index (χ4n) is 6.24. The molecule has 0 aromatic heterocycles. The molecule has 1 spiro atoms. The number of ether oxygens (including phenoxy) is 3. The van der Waals surface area contributed by atoms with Gasteiger partial charge in [0.1, 0.15) is 11.4 Å². The summed E-state index contributed by atoms with van der Waals surface area (Å²) < 4.78 is 16.0. The van der Waals surface area contributed by atoms with Gasteiger partial charge in [-0.2, -0.15) is 0 Å². The van der Waals surface area contributed by atoms with E-state index in [-0.39, 0.29) is 41.1 Å². The first-order valence-corrected chi connectivity index (χ1v) is 14.8. The maximum atomic E-state index is 13.8. The molecule has 1 unspecified atom stereocenters. The quantitative estimate of drug-likeness (QED) is 0.262. The van der Waals surface area contributed by atoms with Crippen LogP contribution in [0.3, 0.4) is 0 Å². The van der Waals surface area contributed by atoms with Gasteiger partial charge >= 0.3 is 0 Å². The van der Waals surface area contributed by atoms with Crippen molar-refractivity contribution < 1.29 is 33.4 Å². The number of methoxy groups -OCH3 is 1. The Morgan fingerprint density at radius 1 is 1.05 bits per heavy atom. The molecule has 2 N–H and O–H groups in total. The summed E-state index contributed by atoms with van der Waals surface area (Å²) in [6, 6.07) is 5.94. The first-order chi connectivity index (χ1) is 19.6. The largest absolute Gasteiger partial charge is 0.497 e. The summed E-state index contributed by atoms with van der Waals surface area (Å²) in [4.78, 5) is 53.2. The maximum absolute atomic E-state index is 13.8. The number of rotatable bonds is 14. The van der Waals surface area contributed by atoms with Crippen molar-refractivity contribution in [3.63, 3.8) is 0 Å². The molecule has 1 saturated carbocycles. The first kappa shape index (κ1) is 29.5. The zero-order valence-corrected chi connectivity index (χ0v) is 24.3. The molecule has 0 bridgehead atoms. The van der Waals surface area contributed by atoms with E-state index in [1.807, 2.05) is 24.3 Å². The molecule has 1 aromatic rings. The van der Waals surface area contributed by atoms with Crippen LogP contribution < -0.4 is 15.4 Å². The van der Waals surface area contributed by atoms with Crippen molar-refractivity contribution in [3.05, 3.63) is 41.5 Å². The van der Waals surface area contributed by atoms with E-state index in [1.165, 1.54) is 5.57 Å². The van der Waals surface area contributed by atoms with E-state index in [0.29, 0.717) is 38.4 Å². The van der Waals surface area contributed by atoms with E-state index in [4.69, 9.17) is 14.2 Å². The zero-order valence-electron chi connectivity index (χ0n) is 24.3. The van der Waals surface area contributed by atoms with E-state index in [2.05, 4.69) is 16.7 Å². The summed E-state index contributed by atoms with van der Waals surface area (Å²) in [5.41, 5.74) is 1.32. The smallest absolute Gasteiger partial charge is 0.224 e. The van der Waals surface area contributed by atoms with E-state index < -0.39 is 23.6 Å². The van der Waals surface area contributed by atoms with Crippen LogP contribution in [0.4, 0.5) is 0 Å². The molecule has 5 rings (SSSR count). The number of hydrogen-bond acceptors (Lipinski definition) is 7. The van der Waals surface area contributed by atoms with Gasteiger partial charge in [-0.25, -0.2) is 0 Å². The van der Waals surface area contributed by atoms with Crippen LogP contribution in [0.15, 0.2) is 35.9 Å². The third-order valence-electron chi connectivity index (χ3n) is 9.18. The Kier molecular flexibility index (Phi) is 8.66. The Balaban J connectivity index is 1.26. The molecule has 1 aromatic carbocycles. The molecular formula is C32H42N2O7. The molecule has 2 heterocycles. The number of allylic oxidation sites excluding steroid dienone is 1. The molecule has 2 saturated heterocycles. The Hall–Kier alpha value is -3.04. The van der Waals surface area contributed by atoms with Gasteiger partial charge in [0.2, 0.25) is 11.8 Å². The van der Waals surface area contributed by atoms with Gasteiger partial charge in [-0.3, -0.25) is 19.2 Å². The van der Waals surface area contributed by atoms with Crippen molar-refractivity contribution in [3.8, 4) is 5.75 Å². The lowest BCUT2D eigenvalue weighted by molar-refractivity contribution is -0.184. The van der Waals surface area contributed by atoms with Gasteiger partial charge in [0, 0.05) is 23.7 Å². The normalized spacial score (nSPS) is 24.7. The van der Waals surface area contributed by atoms with Crippen LogP contribution in [0.25, 0.3) is 0 Å². The summed E-state index contributed by atoms with van der Waals surface area (Å²) in [5.74, 6) is -0.935.